The van der Waals surface area contributed by atoms with E-state index in [0.717, 1.165) is 5.69 Å². The van der Waals surface area contributed by atoms with Gasteiger partial charge in [0.05, 0.1) is 17.0 Å². The molecule has 25 heavy (non-hydrogen) atoms. The van der Waals surface area contributed by atoms with Gasteiger partial charge in [0.2, 0.25) is 11.6 Å². The van der Waals surface area contributed by atoms with Gasteiger partial charge in [0, 0.05) is 11.8 Å². The van der Waals surface area contributed by atoms with Crippen LogP contribution in [0, 0.1) is 0 Å². The van der Waals surface area contributed by atoms with Crippen LogP contribution in [0.1, 0.15) is 21.6 Å². The van der Waals surface area contributed by atoms with E-state index in [2.05, 4.69) is 25.6 Å². The molecule has 1 N–H and O–H groups in total. The Labute approximate surface area is 141 Å². The second-order valence-corrected chi connectivity index (χ2v) is 5.62. The number of aliphatic imine (C=N–C) groups is 2. The first-order valence-electron chi connectivity index (χ1n) is 7.68. The Morgan fingerprint density at radius 3 is 3.00 bits per heavy atom. The van der Waals surface area contributed by atoms with Crippen molar-refractivity contribution in [2.45, 2.75) is 12.8 Å². The molecular weight excluding hydrogens is 322 g/mol. The van der Waals surface area contributed by atoms with Crippen LogP contribution >= 0.6 is 0 Å². The van der Waals surface area contributed by atoms with E-state index in [1.165, 1.54) is 0 Å². The van der Waals surface area contributed by atoms with Crippen molar-refractivity contribution >= 4 is 23.0 Å². The van der Waals surface area contributed by atoms with Gasteiger partial charge in [0.25, 0.3) is 0 Å². The predicted molar refractivity (Wildman–Crippen MR) is 88.8 cm³/mol. The number of benzene rings is 1. The highest BCUT2D eigenvalue weighted by Gasteiger charge is 2.41. The number of carbonyl (C=O) groups is 1. The van der Waals surface area contributed by atoms with Gasteiger partial charge in [-0.15, -0.1) is 0 Å². The third-order valence-electron chi connectivity index (χ3n) is 4.08. The van der Waals surface area contributed by atoms with Crippen LogP contribution in [0.4, 0.5) is 0 Å². The molecule has 1 atom stereocenters. The number of carbonyl (C=O) groups excluding carboxylic acids is 1. The third-order valence-corrected chi connectivity index (χ3v) is 4.08. The number of rotatable bonds is 3. The van der Waals surface area contributed by atoms with Crippen LogP contribution in [0.2, 0.25) is 0 Å². The highest BCUT2D eigenvalue weighted by atomic mass is 16.8. The lowest BCUT2D eigenvalue weighted by atomic mass is 10.1. The molecule has 1 unspecified atom stereocenters. The standard InChI is InChI=1S/C17H11N5O3/c23-15-12-10(13-14(15)20-17-16(19-13)21-25-22-17)5-3-6-11(12)24-8-9-4-1-2-7-18-9/h1-7,16,21H,8H2. The molecule has 0 saturated heterocycles. The van der Waals surface area contributed by atoms with E-state index in [1.807, 2.05) is 30.3 Å². The number of Topliss-reactive ketones (excluding diaryl/α,β-unsaturated/α-hetero) is 1. The number of ketones is 1. The highest BCUT2D eigenvalue weighted by molar-refractivity contribution is 6.79. The highest BCUT2D eigenvalue weighted by Crippen LogP contribution is 2.32. The number of amidine groups is 1. The fraction of sp³-hybridized carbons (Fsp3) is 0.118. The molecule has 3 heterocycles. The topological polar surface area (TPSA) is 97.5 Å². The van der Waals surface area contributed by atoms with Crippen LogP contribution in [0.5, 0.6) is 5.75 Å². The second-order valence-electron chi connectivity index (χ2n) is 5.62. The summed E-state index contributed by atoms with van der Waals surface area (Å²) < 4.78 is 5.84. The summed E-state index contributed by atoms with van der Waals surface area (Å²) in [5.41, 5.74) is 5.39. The number of fused-ring (bicyclic) bond motifs is 4. The molecule has 0 fully saturated rings. The average molecular weight is 333 g/mol. The first-order valence-corrected chi connectivity index (χ1v) is 7.68. The minimum Gasteiger partial charge on any atom is -0.487 e. The number of hydroxylamine groups is 1. The number of pyridine rings is 1. The minimum atomic E-state index is -0.490. The molecule has 122 valence electrons. The van der Waals surface area contributed by atoms with E-state index in [0.29, 0.717) is 28.4 Å². The molecule has 2 aliphatic heterocycles. The van der Waals surface area contributed by atoms with Gasteiger partial charge in [-0.25, -0.2) is 4.99 Å². The van der Waals surface area contributed by atoms with Gasteiger partial charge in [-0.1, -0.05) is 23.7 Å². The van der Waals surface area contributed by atoms with Gasteiger partial charge in [-0.05, 0) is 23.4 Å². The Hall–Kier alpha value is -3.39. The summed E-state index contributed by atoms with van der Waals surface area (Å²) in [5, 5.41) is 3.73. The van der Waals surface area contributed by atoms with Gasteiger partial charge in [-0.3, -0.25) is 19.7 Å². The van der Waals surface area contributed by atoms with E-state index in [4.69, 9.17) is 9.68 Å². The van der Waals surface area contributed by atoms with E-state index in [1.54, 1.807) is 12.3 Å². The molecule has 0 bridgehead atoms. The number of hydrogen-bond donors (Lipinski definition) is 1. The van der Waals surface area contributed by atoms with Gasteiger partial charge < -0.3 is 4.74 Å². The lowest BCUT2D eigenvalue weighted by Crippen LogP contribution is -2.34. The Morgan fingerprint density at radius 1 is 1.16 bits per heavy atom. The van der Waals surface area contributed by atoms with Crippen molar-refractivity contribution in [2.75, 3.05) is 0 Å². The summed E-state index contributed by atoms with van der Waals surface area (Å²) in [5.74, 6) is 0.610. The molecule has 2 aromatic rings. The van der Waals surface area contributed by atoms with Crippen LogP contribution in [0.15, 0.2) is 57.7 Å². The summed E-state index contributed by atoms with van der Waals surface area (Å²) in [6.07, 6.45) is 1.21. The van der Waals surface area contributed by atoms with Crippen molar-refractivity contribution in [3.8, 4) is 5.75 Å². The molecule has 0 saturated carbocycles. The Morgan fingerprint density at radius 2 is 2.12 bits per heavy atom. The molecule has 0 radical (unpaired) electrons. The lowest BCUT2D eigenvalue weighted by Gasteiger charge is -2.10. The molecule has 0 amide bonds. The number of nitrogens with zero attached hydrogens (tertiary/aromatic N) is 4. The van der Waals surface area contributed by atoms with Gasteiger partial charge in [0.1, 0.15) is 18.1 Å². The lowest BCUT2D eigenvalue weighted by molar-refractivity contribution is 0.0615. The molecule has 1 aliphatic carbocycles. The zero-order chi connectivity index (χ0) is 16.8. The van der Waals surface area contributed by atoms with Crippen LogP contribution < -0.4 is 10.2 Å². The molecule has 0 spiro atoms. The molecule has 3 aliphatic rings. The van der Waals surface area contributed by atoms with Crippen LogP contribution in [0.3, 0.4) is 0 Å². The molecule has 1 aromatic heterocycles. The maximum absolute atomic E-state index is 12.8. The quantitative estimate of drug-likeness (QED) is 0.912. The first-order chi connectivity index (χ1) is 12.3. The first kappa shape index (κ1) is 14.0. The van der Waals surface area contributed by atoms with Crippen molar-refractivity contribution < 1.29 is 14.5 Å². The van der Waals surface area contributed by atoms with Crippen LogP contribution in [0.25, 0.3) is 0 Å². The molecule has 1 aromatic carbocycles. The van der Waals surface area contributed by atoms with E-state index >= 15 is 0 Å². The summed E-state index contributed by atoms with van der Waals surface area (Å²) in [6.45, 7) is 0.272. The van der Waals surface area contributed by atoms with Gasteiger partial charge in [-0.2, -0.15) is 0 Å². The summed E-state index contributed by atoms with van der Waals surface area (Å²) >= 11 is 0. The maximum Gasteiger partial charge on any atom is 0.218 e. The number of oxime groups is 1. The minimum absolute atomic E-state index is 0.224. The maximum atomic E-state index is 12.8. The SMILES string of the molecule is O=C1C2=NC3=NONC3N=C2c2cccc(OCc3ccccn3)c21. The predicted octanol–water partition coefficient (Wildman–Crippen LogP) is 1.27. The normalized spacial score (nSPS) is 19.9. The van der Waals surface area contributed by atoms with E-state index in [9.17, 15) is 4.79 Å². The number of nitrogens with one attached hydrogen (secondary N) is 1. The average Bonchev–Trinajstić information content (AvgIpc) is 3.22. The smallest absolute Gasteiger partial charge is 0.218 e. The van der Waals surface area contributed by atoms with E-state index < -0.39 is 6.17 Å². The third kappa shape index (κ3) is 2.15. The second kappa shape index (κ2) is 5.32. The zero-order valence-electron chi connectivity index (χ0n) is 12.8. The number of ether oxygens (including phenoxy) is 1. The van der Waals surface area contributed by atoms with Gasteiger partial charge in [0.15, 0.2) is 6.17 Å². The Kier molecular flexibility index (Phi) is 2.98. The van der Waals surface area contributed by atoms with Crippen molar-refractivity contribution in [1.82, 2.24) is 10.5 Å². The summed E-state index contributed by atoms with van der Waals surface area (Å²) in [7, 11) is 0. The number of aromatic nitrogens is 1. The zero-order valence-corrected chi connectivity index (χ0v) is 12.8. The Bertz CT molecular complexity index is 981. The summed E-state index contributed by atoms with van der Waals surface area (Å²) in [4.78, 5) is 30.6. The van der Waals surface area contributed by atoms with E-state index in [-0.39, 0.29) is 18.1 Å². The van der Waals surface area contributed by atoms with Crippen molar-refractivity contribution in [3.05, 3.63) is 59.4 Å². The fourth-order valence-corrected chi connectivity index (χ4v) is 2.94. The monoisotopic (exact) mass is 333 g/mol. The summed E-state index contributed by atoms with van der Waals surface area (Å²) in [6, 6.07) is 11.0. The van der Waals surface area contributed by atoms with Crippen molar-refractivity contribution in [3.63, 3.8) is 0 Å². The van der Waals surface area contributed by atoms with Crippen LogP contribution in [-0.4, -0.2) is 34.2 Å². The molecular formula is C17H11N5O3. The molecule has 5 rings (SSSR count). The molecule has 8 nitrogen and oxygen atoms in total. The fourth-order valence-electron chi connectivity index (χ4n) is 2.94. The van der Waals surface area contributed by atoms with Crippen LogP contribution in [-0.2, 0) is 11.5 Å². The number of hydrogen-bond acceptors (Lipinski definition) is 8. The largest absolute Gasteiger partial charge is 0.487 e. The van der Waals surface area contributed by atoms with Crippen molar-refractivity contribution in [2.24, 2.45) is 15.1 Å². The molecule has 8 heteroatoms. The van der Waals surface area contributed by atoms with Gasteiger partial charge >= 0.3 is 0 Å². The Balaban J connectivity index is 1.53. The van der Waals surface area contributed by atoms with Crippen molar-refractivity contribution in [1.29, 1.82) is 0 Å².